The molecule has 1 aliphatic rings. The summed E-state index contributed by atoms with van der Waals surface area (Å²) in [6, 6.07) is 6.79. The first-order chi connectivity index (χ1) is 8.59. The number of hydrogen-bond acceptors (Lipinski definition) is 2. The highest BCUT2D eigenvalue weighted by molar-refractivity contribution is 6.30. The molecule has 4 heteroatoms. The number of nitrogens with zero attached hydrogens (tertiary/aromatic N) is 1. The Morgan fingerprint density at radius 1 is 1.44 bits per heavy atom. The van der Waals surface area contributed by atoms with Gasteiger partial charge in [0.15, 0.2) is 5.78 Å². The van der Waals surface area contributed by atoms with Crippen LogP contribution in [-0.4, -0.2) is 5.78 Å². The van der Waals surface area contributed by atoms with Crippen LogP contribution in [-0.2, 0) is 11.2 Å². The fourth-order valence-corrected chi connectivity index (χ4v) is 2.64. The molecule has 0 spiro atoms. The number of carbonyl (C=O) groups excluding carboxylic acids is 1. The van der Waals surface area contributed by atoms with Crippen LogP contribution in [0.2, 0.25) is 5.02 Å². The van der Waals surface area contributed by atoms with Gasteiger partial charge in [-0.2, -0.15) is 5.26 Å². The first-order valence-electron chi connectivity index (χ1n) is 5.96. The molecule has 0 heterocycles. The molecule has 1 unspecified atom stereocenters. The second kappa shape index (κ2) is 5.07. The topological polar surface area (TPSA) is 40.9 Å². The largest absolute Gasteiger partial charge is 0.298 e. The Kier molecular flexibility index (Phi) is 3.68. The number of benzene rings is 1. The molecule has 0 amide bonds. The maximum atomic E-state index is 13.8. The Bertz CT molecular complexity index is 523. The summed E-state index contributed by atoms with van der Waals surface area (Å²) in [5, 5.41) is 9.34. The van der Waals surface area contributed by atoms with E-state index in [4.69, 9.17) is 11.6 Å². The third-order valence-electron chi connectivity index (χ3n) is 3.53. The molecule has 18 heavy (non-hydrogen) atoms. The maximum Gasteiger partial charge on any atom is 0.153 e. The Hall–Kier alpha value is -1.40. The zero-order valence-corrected chi connectivity index (χ0v) is 10.6. The number of Topliss-reactive ketones (excluding diaryl/α,β-unsaturated/α-hetero) is 1. The van der Waals surface area contributed by atoms with Gasteiger partial charge in [-0.25, -0.2) is 4.39 Å². The Balaban J connectivity index is 2.34. The van der Waals surface area contributed by atoms with Crippen LogP contribution in [0.5, 0.6) is 0 Å². The zero-order valence-electron chi connectivity index (χ0n) is 9.88. The van der Waals surface area contributed by atoms with Crippen molar-refractivity contribution in [2.24, 2.45) is 5.41 Å². The van der Waals surface area contributed by atoms with Crippen LogP contribution in [0.15, 0.2) is 18.2 Å². The van der Waals surface area contributed by atoms with Crippen molar-refractivity contribution < 1.29 is 9.18 Å². The van der Waals surface area contributed by atoms with Crippen LogP contribution in [0.25, 0.3) is 0 Å². The summed E-state index contributed by atoms with van der Waals surface area (Å²) in [4.78, 5) is 12.0. The van der Waals surface area contributed by atoms with Crippen molar-refractivity contribution in [1.82, 2.24) is 0 Å². The van der Waals surface area contributed by atoms with Gasteiger partial charge in [0, 0.05) is 12.8 Å². The van der Waals surface area contributed by atoms with Crippen molar-refractivity contribution in [2.75, 3.05) is 0 Å². The van der Waals surface area contributed by atoms with Gasteiger partial charge >= 0.3 is 0 Å². The second-order valence-electron chi connectivity index (χ2n) is 4.71. The molecule has 2 nitrogen and oxygen atoms in total. The second-order valence-corrected chi connectivity index (χ2v) is 5.12. The predicted octanol–water partition coefficient (Wildman–Crippen LogP) is 3.67. The van der Waals surface area contributed by atoms with E-state index in [-0.39, 0.29) is 17.2 Å². The lowest BCUT2D eigenvalue weighted by molar-refractivity contribution is -0.128. The molecule has 0 saturated heterocycles. The minimum absolute atomic E-state index is 0.0313. The molecule has 1 atom stereocenters. The smallest absolute Gasteiger partial charge is 0.153 e. The van der Waals surface area contributed by atoms with Gasteiger partial charge in [0.25, 0.3) is 0 Å². The molecule has 1 fully saturated rings. The quantitative estimate of drug-likeness (QED) is 0.818. The fraction of sp³-hybridized carbons (Fsp3) is 0.429. The van der Waals surface area contributed by atoms with Gasteiger partial charge in [-0.15, -0.1) is 0 Å². The van der Waals surface area contributed by atoms with E-state index in [1.807, 2.05) is 0 Å². The molecule has 1 saturated carbocycles. The Labute approximate surface area is 110 Å². The third-order valence-corrected chi connectivity index (χ3v) is 3.82. The molecule has 0 N–H and O–H groups in total. The average Bonchev–Trinajstić information content (AvgIpc) is 2.38. The molecule has 0 aliphatic heterocycles. The van der Waals surface area contributed by atoms with Crippen LogP contribution in [0.3, 0.4) is 0 Å². The molecule has 1 aliphatic carbocycles. The van der Waals surface area contributed by atoms with E-state index in [0.717, 1.165) is 12.8 Å². The number of nitriles is 1. The van der Waals surface area contributed by atoms with E-state index >= 15 is 0 Å². The lowest BCUT2D eigenvalue weighted by Crippen LogP contribution is -2.35. The van der Waals surface area contributed by atoms with Crippen molar-refractivity contribution in [3.8, 4) is 6.07 Å². The molecule has 94 valence electrons. The van der Waals surface area contributed by atoms with Crippen molar-refractivity contribution in [1.29, 1.82) is 5.26 Å². The van der Waals surface area contributed by atoms with Crippen molar-refractivity contribution in [3.63, 3.8) is 0 Å². The van der Waals surface area contributed by atoms with Crippen LogP contribution in [0, 0.1) is 22.6 Å². The van der Waals surface area contributed by atoms with Gasteiger partial charge in [0.1, 0.15) is 11.2 Å². The summed E-state index contributed by atoms with van der Waals surface area (Å²) in [6.07, 6.45) is 2.69. The van der Waals surface area contributed by atoms with Gasteiger partial charge in [-0.3, -0.25) is 4.79 Å². The highest BCUT2D eigenvalue weighted by Crippen LogP contribution is 2.37. The molecule has 2 rings (SSSR count). The predicted molar refractivity (Wildman–Crippen MR) is 66.6 cm³/mol. The fourth-order valence-electron chi connectivity index (χ4n) is 2.45. The molecule has 0 bridgehead atoms. The Morgan fingerprint density at radius 2 is 2.22 bits per heavy atom. The maximum absolute atomic E-state index is 13.8. The van der Waals surface area contributed by atoms with Crippen LogP contribution in [0.1, 0.15) is 31.2 Å². The number of hydrogen-bond donors (Lipinski definition) is 0. The van der Waals surface area contributed by atoms with E-state index in [2.05, 4.69) is 6.07 Å². The van der Waals surface area contributed by atoms with Gasteiger partial charge in [0.2, 0.25) is 0 Å². The summed E-state index contributed by atoms with van der Waals surface area (Å²) >= 11 is 5.71. The molecule has 0 aromatic heterocycles. The highest BCUT2D eigenvalue weighted by atomic mass is 35.5. The summed E-state index contributed by atoms with van der Waals surface area (Å²) in [5.41, 5.74) is -0.719. The molecular weight excluding hydrogens is 253 g/mol. The third kappa shape index (κ3) is 2.26. The lowest BCUT2D eigenvalue weighted by atomic mass is 9.70. The van der Waals surface area contributed by atoms with Crippen molar-refractivity contribution in [2.45, 2.75) is 32.1 Å². The minimum atomic E-state index is -1.07. The molecule has 0 radical (unpaired) electrons. The monoisotopic (exact) mass is 265 g/mol. The van der Waals surface area contributed by atoms with Gasteiger partial charge < -0.3 is 0 Å². The minimum Gasteiger partial charge on any atom is -0.298 e. The Morgan fingerprint density at radius 3 is 2.89 bits per heavy atom. The van der Waals surface area contributed by atoms with Gasteiger partial charge in [0.05, 0.1) is 11.1 Å². The number of carbonyl (C=O) groups is 1. The normalized spacial score (nSPS) is 23.7. The molecule has 1 aromatic carbocycles. The van der Waals surface area contributed by atoms with E-state index in [9.17, 15) is 14.4 Å². The van der Waals surface area contributed by atoms with Gasteiger partial charge in [-0.05, 0) is 24.5 Å². The first-order valence-corrected chi connectivity index (χ1v) is 6.34. The van der Waals surface area contributed by atoms with Gasteiger partial charge in [-0.1, -0.05) is 30.2 Å². The number of ketones is 1. The van der Waals surface area contributed by atoms with Crippen molar-refractivity contribution in [3.05, 3.63) is 34.6 Å². The first kappa shape index (κ1) is 13.0. The summed E-state index contributed by atoms with van der Waals surface area (Å²) in [7, 11) is 0. The SMILES string of the molecule is N#CC1(Cc2cccc(Cl)c2F)CCCCC1=O. The summed E-state index contributed by atoms with van der Waals surface area (Å²) in [5.74, 6) is -0.595. The number of halogens is 2. The molecular formula is C14H13ClFNO. The van der Waals surface area contributed by atoms with E-state index in [1.165, 1.54) is 6.07 Å². The standard InChI is InChI=1S/C14H13ClFNO/c15-11-5-3-4-10(13(11)16)8-14(9-17)7-2-1-6-12(14)18/h3-5H,1-2,6-8H2. The van der Waals surface area contributed by atoms with Crippen LogP contribution in [0.4, 0.5) is 4.39 Å². The van der Waals surface area contributed by atoms with Crippen LogP contribution < -0.4 is 0 Å². The van der Waals surface area contributed by atoms with E-state index < -0.39 is 11.2 Å². The highest BCUT2D eigenvalue weighted by Gasteiger charge is 2.40. The lowest BCUT2D eigenvalue weighted by Gasteiger charge is -2.29. The summed E-state index contributed by atoms with van der Waals surface area (Å²) in [6.45, 7) is 0. The number of rotatable bonds is 2. The average molecular weight is 266 g/mol. The summed E-state index contributed by atoms with van der Waals surface area (Å²) < 4.78 is 13.8. The van der Waals surface area contributed by atoms with E-state index in [0.29, 0.717) is 18.4 Å². The van der Waals surface area contributed by atoms with Crippen molar-refractivity contribution >= 4 is 17.4 Å². The van der Waals surface area contributed by atoms with Crippen LogP contribution >= 0.6 is 11.6 Å². The van der Waals surface area contributed by atoms with E-state index in [1.54, 1.807) is 12.1 Å². The zero-order chi connectivity index (χ0) is 13.2. The molecule has 1 aromatic rings.